The monoisotopic (exact) mass is 313 g/mol. The van der Waals surface area contributed by atoms with Crippen LogP contribution < -0.4 is 10.1 Å². The van der Waals surface area contributed by atoms with E-state index in [2.05, 4.69) is 5.32 Å². The molecule has 0 spiro atoms. The number of rotatable bonds is 7. The molecule has 0 radical (unpaired) electrons. The summed E-state index contributed by atoms with van der Waals surface area (Å²) in [5.74, 6) is -0.107. The number of carbonyl (C=O) groups excluding carboxylic acids is 2. The van der Waals surface area contributed by atoms with Crippen molar-refractivity contribution in [3.63, 3.8) is 0 Å². The van der Waals surface area contributed by atoms with E-state index in [1.165, 1.54) is 0 Å². The summed E-state index contributed by atoms with van der Waals surface area (Å²) in [5, 5.41) is 2.53. The van der Waals surface area contributed by atoms with Gasteiger partial charge in [-0.15, -0.1) is 0 Å². The topological polar surface area (TPSA) is 64.6 Å². The minimum Gasteiger partial charge on any atom is -0.494 e. The minimum atomic E-state index is -0.479. The number of hydrogen-bond acceptors (Lipinski definition) is 4. The molecule has 0 aliphatic heterocycles. The van der Waals surface area contributed by atoms with Crippen LogP contribution in [0.5, 0.6) is 5.75 Å². The molecule has 120 valence electrons. The Hall–Kier alpha value is -2.82. The van der Waals surface area contributed by atoms with Crippen LogP contribution >= 0.6 is 0 Å². The van der Waals surface area contributed by atoms with Crippen LogP contribution in [-0.2, 0) is 16.1 Å². The Balaban J connectivity index is 1.76. The van der Waals surface area contributed by atoms with Crippen LogP contribution in [0.2, 0.25) is 0 Å². The Labute approximate surface area is 135 Å². The zero-order chi connectivity index (χ0) is 16.5. The summed E-state index contributed by atoms with van der Waals surface area (Å²) in [6.45, 7) is 2.48. The first kappa shape index (κ1) is 16.5. The van der Waals surface area contributed by atoms with Crippen molar-refractivity contribution in [2.45, 2.75) is 13.5 Å². The maximum Gasteiger partial charge on any atom is 0.325 e. The number of esters is 1. The van der Waals surface area contributed by atoms with E-state index in [0.29, 0.717) is 17.9 Å². The van der Waals surface area contributed by atoms with Gasteiger partial charge < -0.3 is 14.8 Å². The second-order valence-corrected chi connectivity index (χ2v) is 4.79. The number of carbonyl (C=O) groups is 2. The maximum absolute atomic E-state index is 11.9. The smallest absolute Gasteiger partial charge is 0.325 e. The highest BCUT2D eigenvalue weighted by molar-refractivity contribution is 5.96. The van der Waals surface area contributed by atoms with Gasteiger partial charge in [-0.2, -0.15) is 0 Å². The van der Waals surface area contributed by atoms with Crippen LogP contribution in [0.1, 0.15) is 22.8 Å². The van der Waals surface area contributed by atoms with Crippen LogP contribution in [0.25, 0.3) is 0 Å². The standard InChI is InChI=1S/C18H19NO4/c1-2-22-16-10-8-15(9-11-16)18(21)19-12-17(20)23-13-14-6-4-3-5-7-14/h3-11H,2,12-13H2,1H3,(H,19,21). The van der Waals surface area contributed by atoms with E-state index in [-0.39, 0.29) is 19.1 Å². The lowest BCUT2D eigenvalue weighted by Crippen LogP contribution is -2.30. The molecule has 1 amide bonds. The van der Waals surface area contributed by atoms with Crippen molar-refractivity contribution in [3.8, 4) is 5.75 Å². The van der Waals surface area contributed by atoms with Crippen LogP contribution in [0.3, 0.4) is 0 Å². The second kappa shape index (κ2) is 8.58. The second-order valence-electron chi connectivity index (χ2n) is 4.79. The summed E-state index contributed by atoms with van der Waals surface area (Å²) in [4.78, 5) is 23.6. The third kappa shape index (κ3) is 5.47. The summed E-state index contributed by atoms with van der Waals surface area (Å²) >= 11 is 0. The Bertz CT molecular complexity index is 638. The molecule has 0 aromatic heterocycles. The molecule has 0 aliphatic rings. The minimum absolute atomic E-state index is 0.168. The SMILES string of the molecule is CCOc1ccc(C(=O)NCC(=O)OCc2ccccc2)cc1. The lowest BCUT2D eigenvalue weighted by atomic mass is 10.2. The maximum atomic E-state index is 11.9. The molecule has 0 fully saturated rings. The first-order valence-electron chi connectivity index (χ1n) is 7.39. The van der Waals surface area contributed by atoms with Crippen molar-refractivity contribution in [1.29, 1.82) is 0 Å². The molecule has 0 saturated heterocycles. The number of benzene rings is 2. The number of ether oxygens (including phenoxy) is 2. The van der Waals surface area contributed by atoms with E-state index in [0.717, 1.165) is 5.56 Å². The van der Waals surface area contributed by atoms with Crippen LogP contribution in [0.4, 0.5) is 0 Å². The van der Waals surface area contributed by atoms with E-state index in [1.807, 2.05) is 37.3 Å². The molecule has 5 heteroatoms. The normalized spacial score (nSPS) is 9.96. The van der Waals surface area contributed by atoms with Gasteiger partial charge in [-0.25, -0.2) is 0 Å². The van der Waals surface area contributed by atoms with Crippen LogP contribution in [0, 0.1) is 0 Å². The molecule has 0 heterocycles. The van der Waals surface area contributed by atoms with Crippen molar-refractivity contribution < 1.29 is 19.1 Å². The number of amides is 1. The fraction of sp³-hybridized carbons (Fsp3) is 0.222. The highest BCUT2D eigenvalue weighted by Gasteiger charge is 2.09. The fourth-order valence-corrected chi connectivity index (χ4v) is 1.91. The molecular formula is C18H19NO4. The molecule has 0 aliphatic carbocycles. The Morgan fingerprint density at radius 1 is 1.00 bits per heavy atom. The quantitative estimate of drug-likeness (QED) is 0.798. The van der Waals surface area contributed by atoms with Crippen molar-refractivity contribution >= 4 is 11.9 Å². The molecule has 5 nitrogen and oxygen atoms in total. The molecule has 0 bridgehead atoms. The summed E-state index contributed by atoms with van der Waals surface area (Å²) in [6.07, 6.45) is 0. The largest absolute Gasteiger partial charge is 0.494 e. The van der Waals surface area contributed by atoms with Gasteiger partial charge in [0.05, 0.1) is 6.61 Å². The molecule has 2 aromatic carbocycles. The van der Waals surface area contributed by atoms with Gasteiger partial charge in [0, 0.05) is 5.56 Å². The van der Waals surface area contributed by atoms with E-state index < -0.39 is 5.97 Å². The molecular weight excluding hydrogens is 294 g/mol. The van der Waals surface area contributed by atoms with Crippen molar-refractivity contribution in [2.75, 3.05) is 13.2 Å². The third-order valence-electron chi connectivity index (χ3n) is 3.06. The van der Waals surface area contributed by atoms with Gasteiger partial charge in [0.15, 0.2) is 0 Å². The average Bonchev–Trinajstić information content (AvgIpc) is 2.59. The van der Waals surface area contributed by atoms with Gasteiger partial charge in [0.1, 0.15) is 18.9 Å². The number of nitrogens with one attached hydrogen (secondary N) is 1. The third-order valence-corrected chi connectivity index (χ3v) is 3.06. The lowest BCUT2D eigenvalue weighted by molar-refractivity contribution is -0.143. The van der Waals surface area contributed by atoms with Gasteiger partial charge in [0.25, 0.3) is 5.91 Å². The molecule has 0 saturated carbocycles. The molecule has 2 aromatic rings. The zero-order valence-electron chi connectivity index (χ0n) is 13.0. The van der Waals surface area contributed by atoms with Gasteiger partial charge in [-0.1, -0.05) is 30.3 Å². The molecule has 2 rings (SSSR count). The first-order chi connectivity index (χ1) is 11.2. The van der Waals surface area contributed by atoms with Gasteiger partial charge in [-0.05, 0) is 36.8 Å². The highest BCUT2D eigenvalue weighted by atomic mass is 16.5. The summed E-state index contributed by atoms with van der Waals surface area (Å²) in [6, 6.07) is 16.1. The predicted molar refractivity (Wildman–Crippen MR) is 86.2 cm³/mol. The Kier molecular flexibility index (Phi) is 6.17. The van der Waals surface area contributed by atoms with E-state index >= 15 is 0 Å². The molecule has 23 heavy (non-hydrogen) atoms. The van der Waals surface area contributed by atoms with E-state index in [4.69, 9.17) is 9.47 Å². The predicted octanol–water partition coefficient (Wildman–Crippen LogP) is 2.56. The van der Waals surface area contributed by atoms with Crippen molar-refractivity contribution in [3.05, 3.63) is 65.7 Å². The summed E-state index contributed by atoms with van der Waals surface area (Å²) in [7, 11) is 0. The van der Waals surface area contributed by atoms with E-state index in [1.54, 1.807) is 24.3 Å². The Morgan fingerprint density at radius 2 is 1.70 bits per heavy atom. The van der Waals surface area contributed by atoms with Crippen LogP contribution in [0.15, 0.2) is 54.6 Å². The number of hydrogen-bond donors (Lipinski definition) is 1. The summed E-state index contributed by atoms with van der Waals surface area (Å²) in [5.41, 5.74) is 1.36. The summed E-state index contributed by atoms with van der Waals surface area (Å²) < 4.78 is 10.4. The van der Waals surface area contributed by atoms with Crippen molar-refractivity contribution in [1.82, 2.24) is 5.32 Å². The molecule has 1 N–H and O–H groups in total. The van der Waals surface area contributed by atoms with Gasteiger partial charge in [-0.3, -0.25) is 9.59 Å². The average molecular weight is 313 g/mol. The van der Waals surface area contributed by atoms with Crippen LogP contribution in [-0.4, -0.2) is 25.0 Å². The van der Waals surface area contributed by atoms with Gasteiger partial charge in [0.2, 0.25) is 0 Å². The van der Waals surface area contributed by atoms with Gasteiger partial charge >= 0.3 is 5.97 Å². The lowest BCUT2D eigenvalue weighted by Gasteiger charge is -2.07. The highest BCUT2D eigenvalue weighted by Crippen LogP contribution is 2.11. The molecule has 0 unspecified atom stereocenters. The van der Waals surface area contributed by atoms with E-state index in [9.17, 15) is 9.59 Å². The Morgan fingerprint density at radius 3 is 2.35 bits per heavy atom. The molecule has 0 atom stereocenters. The zero-order valence-corrected chi connectivity index (χ0v) is 13.0. The van der Waals surface area contributed by atoms with Crippen molar-refractivity contribution in [2.24, 2.45) is 0 Å². The fourth-order valence-electron chi connectivity index (χ4n) is 1.91. The first-order valence-corrected chi connectivity index (χ1v) is 7.39.